The molecule has 7 nitrogen and oxygen atoms in total. The molecule has 1 aliphatic heterocycles. The van der Waals surface area contributed by atoms with E-state index in [2.05, 4.69) is 25.5 Å². The molecule has 176 valence electrons. The lowest BCUT2D eigenvalue weighted by molar-refractivity contribution is -0.139. The van der Waals surface area contributed by atoms with Gasteiger partial charge in [0.2, 0.25) is 5.95 Å². The molecule has 0 atom stereocenters. The Morgan fingerprint density at radius 3 is 2.45 bits per heavy atom. The molecule has 2 N–H and O–H groups in total. The highest BCUT2D eigenvalue weighted by atomic mass is 19.4. The van der Waals surface area contributed by atoms with Crippen molar-refractivity contribution in [3.05, 3.63) is 48.2 Å². The largest absolute Gasteiger partial charge is 0.492 e. The number of hydrogen-bond donors (Lipinski definition) is 2. The van der Waals surface area contributed by atoms with E-state index in [0.29, 0.717) is 24.6 Å². The van der Waals surface area contributed by atoms with E-state index in [4.69, 9.17) is 4.74 Å². The first kappa shape index (κ1) is 23.1. The second-order valence-corrected chi connectivity index (χ2v) is 8.13. The quantitative estimate of drug-likeness (QED) is 0.557. The summed E-state index contributed by atoms with van der Waals surface area (Å²) in [6.45, 7) is 4.69. The molecule has 0 radical (unpaired) electrons. The van der Waals surface area contributed by atoms with Crippen LogP contribution in [0.1, 0.15) is 5.69 Å². The standard InChI is InChI=1S/C23H27F3N6O/c1-31(2)13-14-33-18-7-8-20-19(15-18)21(23(24,25)26)30-22(29-20)28-16-3-5-17(6-4-16)32-11-9-27-10-12-32/h3-8,15,27H,9-14H2,1-2H3,(H,28,29,30). The van der Waals surface area contributed by atoms with Gasteiger partial charge >= 0.3 is 6.18 Å². The summed E-state index contributed by atoms with van der Waals surface area (Å²) >= 11 is 0. The van der Waals surface area contributed by atoms with E-state index in [1.807, 2.05) is 43.3 Å². The lowest BCUT2D eigenvalue weighted by Crippen LogP contribution is -2.43. The fraction of sp³-hybridized carbons (Fsp3) is 0.391. The summed E-state index contributed by atoms with van der Waals surface area (Å²) in [5, 5.41) is 6.12. The van der Waals surface area contributed by atoms with Crippen molar-refractivity contribution in [2.75, 3.05) is 63.6 Å². The molecule has 1 aliphatic rings. The van der Waals surface area contributed by atoms with Crippen LogP contribution >= 0.6 is 0 Å². The highest BCUT2D eigenvalue weighted by molar-refractivity contribution is 5.84. The van der Waals surface area contributed by atoms with Crippen molar-refractivity contribution >= 4 is 28.2 Å². The zero-order valence-electron chi connectivity index (χ0n) is 18.6. The maximum Gasteiger partial charge on any atom is 0.434 e. The molecule has 0 unspecified atom stereocenters. The molecule has 0 saturated carbocycles. The Morgan fingerprint density at radius 1 is 1.06 bits per heavy atom. The van der Waals surface area contributed by atoms with Gasteiger partial charge in [-0.3, -0.25) is 0 Å². The first-order chi connectivity index (χ1) is 15.8. The number of piperazine rings is 1. The minimum Gasteiger partial charge on any atom is -0.492 e. The molecule has 10 heteroatoms. The van der Waals surface area contributed by atoms with Gasteiger partial charge in [-0.05, 0) is 56.6 Å². The number of rotatable bonds is 7. The Balaban J connectivity index is 1.57. The molecule has 33 heavy (non-hydrogen) atoms. The highest BCUT2D eigenvalue weighted by Gasteiger charge is 2.35. The average Bonchev–Trinajstić information content (AvgIpc) is 2.79. The maximum atomic E-state index is 13.8. The Morgan fingerprint density at radius 2 is 1.79 bits per heavy atom. The van der Waals surface area contributed by atoms with Gasteiger partial charge in [-0.15, -0.1) is 0 Å². The van der Waals surface area contributed by atoms with Crippen LogP contribution in [0, 0.1) is 0 Å². The predicted molar refractivity (Wildman–Crippen MR) is 123 cm³/mol. The molecular formula is C23H27F3N6O. The minimum atomic E-state index is -4.63. The van der Waals surface area contributed by atoms with Crippen molar-refractivity contribution in [1.29, 1.82) is 0 Å². The molecule has 0 aliphatic carbocycles. The zero-order chi connectivity index (χ0) is 23.4. The topological polar surface area (TPSA) is 65.6 Å². The van der Waals surface area contributed by atoms with Gasteiger partial charge in [0, 0.05) is 49.5 Å². The van der Waals surface area contributed by atoms with Crippen LogP contribution in [-0.4, -0.2) is 68.3 Å². The van der Waals surface area contributed by atoms with E-state index < -0.39 is 11.9 Å². The third-order valence-corrected chi connectivity index (χ3v) is 5.35. The summed E-state index contributed by atoms with van der Waals surface area (Å²) in [5.74, 6) is 0.244. The molecule has 0 spiro atoms. The molecule has 1 aromatic heterocycles. The van der Waals surface area contributed by atoms with E-state index in [9.17, 15) is 13.2 Å². The third kappa shape index (κ3) is 5.82. The van der Waals surface area contributed by atoms with Crippen LogP contribution in [0.2, 0.25) is 0 Å². The molecule has 3 aromatic rings. The average molecular weight is 461 g/mol. The van der Waals surface area contributed by atoms with Crippen molar-refractivity contribution in [1.82, 2.24) is 20.2 Å². The minimum absolute atomic E-state index is 0.0931. The predicted octanol–water partition coefficient (Wildman–Crippen LogP) is 3.74. The van der Waals surface area contributed by atoms with Crippen LogP contribution in [0.3, 0.4) is 0 Å². The Kier molecular flexibility index (Phi) is 6.85. The van der Waals surface area contributed by atoms with Gasteiger partial charge in [0.25, 0.3) is 0 Å². The maximum absolute atomic E-state index is 13.8. The van der Waals surface area contributed by atoms with Crippen LogP contribution in [0.25, 0.3) is 10.9 Å². The van der Waals surface area contributed by atoms with Crippen LogP contribution in [0.5, 0.6) is 5.75 Å². The van der Waals surface area contributed by atoms with Crippen molar-refractivity contribution in [2.24, 2.45) is 0 Å². The molecule has 0 bridgehead atoms. The van der Waals surface area contributed by atoms with Crippen molar-refractivity contribution < 1.29 is 17.9 Å². The SMILES string of the molecule is CN(C)CCOc1ccc2nc(Nc3ccc(N4CCNCC4)cc3)nc(C(F)(F)F)c2c1. The van der Waals surface area contributed by atoms with Crippen LogP contribution in [0.4, 0.5) is 30.5 Å². The number of likely N-dealkylation sites (N-methyl/N-ethyl adjacent to an activating group) is 1. The number of hydrogen-bond acceptors (Lipinski definition) is 7. The molecule has 1 saturated heterocycles. The second kappa shape index (κ2) is 9.80. The molecule has 4 rings (SSSR count). The Bertz CT molecular complexity index is 1080. The van der Waals surface area contributed by atoms with Crippen LogP contribution in [0.15, 0.2) is 42.5 Å². The van der Waals surface area contributed by atoms with Crippen LogP contribution < -0.4 is 20.3 Å². The van der Waals surface area contributed by atoms with Gasteiger partial charge in [-0.1, -0.05) is 0 Å². The zero-order valence-corrected chi connectivity index (χ0v) is 18.6. The summed E-state index contributed by atoms with van der Waals surface area (Å²) in [4.78, 5) is 12.3. The summed E-state index contributed by atoms with van der Waals surface area (Å²) in [6.07, 6.45) is -4.63. The van der Waals surface area contributed by atoms with E-state index in [0.717, 1.165) is 31.9 Å². The summed E-state index contributed by atoms with van der Waals surface area (Å²) in [6, 6.07) is 12.0. The number of benzene rings is 2. The number of anilines is 3. The number of alkyl halides is 3. The molecule has 0 amide bonds. The summed E-state index contributed by atoms with van der Waals surface area (Å²) in [5.41, 5.74) is 0.881. The van der Waals surface area contributed by atoms with Crippen molar-refractivity contribution in [3.8, 4) is 5.75 Å². The monoisotopic (exact) mass is 460 g/mol. The second-order valence-electron chi connectivity index (χ2n) is 8.13. The smallest absolute Gasteiger partial charge is 0.434 e. The van der Waals surface area contributed by atoms with Gasteiger partial charge in [0.05, 0.1) is 5.52 Å². The Hall–Kier alpha value is -3.11. The number of ether oxygens (including phenoxy) is 1. The first-order valence-electron chi connectivity index (χ1n) is 10.8. The number of halogens is 3. The van der Waals surface area contributed by atoms with Crippen molar-refractivity contribution in [3.63, 3.8) is 0 Å². The number of nitrogens with zero attached hydrogens (tertiary/aromatic N) is 4. The molecular weight excluding hydrogens is 433 g/mol. The van der Waals surface area contributed by atoms with Gasteiger partial charge in [-0.25, -0.2) is 9.97 Å². The van der Waals surface area contributed by atoms with E-state index in [1.165, 1.54) is 12.1 Å². The van der Waals surface area contributed by atoms with E-state index in [-0.39, 0.29) is 16.9 Å². The summed E-state index contributed by atoms with van der Waals surface area (Å²) in [7, 11) is 3.79. The number of fused-ring (bicyclic) bond motifs is 1. The molecule has 2 heterocycles. The number of aromatic nitrogens is 2. The van der Waals surface area contributed by atoms with E-state index in [1.54, 1.807) is 6.07 Å². The van der Waals surface area contributed by atoms with E-state index >= 15 is 0 Å². The summed E-state index contributed by atoms with van der Waals surface area (Å²) < 4.78 is 47.0. The van der Waals surface area contributed by atoms with Gasteiger partial charge in [-0.2, -0.15) is 13.2 Å². The van der Waals surface area contributed by atoms with Crippen LogP contribution in [-0.2, 0) is 6.18 Å². The Labute approximate surface area is 190 Å². The van der Waals surface area contributed by atoms with Gasteiger partial charge in [0.1, 0.15) is 12.4 Å². The number of nitrogens with one attached hydrogen (secondary N) is 2. The lowest BCUT2D eigenvalue weighted by Gasteiger charge is -2.29. The highest BCUT2D eigenvalue weighted by Crippen LogP contribution is 2.35. The molecule has 1 fully saturated rings. The van der Waals surface area contributed by atoms with Gasteiger partial charge < -0.3 is 25.2 Å². The fourth-order valence-electron chi connectivity index (χ4n) is 3.62. The normalized spacial score (nSPS) is 14.7. The fourth-order valence-corrected chi connectivity index (χ4v) is 3.62. The third-order valence-electron chi connectivity index (χ3n) is 5.35. The first-order valence-corrected chi connectivity index (χ1v) is 10.8. The lowest BCUT2D eigenvalue weighted by atomic mass is 10.1. The van der Waals surface area contributed by atoms with Gasteiger partial charge in [0.15, 0.2) is 5.69 Å². The molecule has 2 aromatic carbocycles. The van der Waals surface area contributed by atoms with Crippen molar-refractivity contribution in [2.45, 2.75) is 6.18 Å².